The van der Waals surface area contributed by atoms with Crippen molar-refractivity contribution in [3.63, 3.8) is 0 Å². The molecule has 0 aromatic heterocycles. The average Bonchev–Trinajstić information content (AvgIpc) is 3.10. The molecule has 0 amide bonds. The number of hydrogen-bond acceptors (Lipinski definition) is 10. The predicted octanol–water partition coefficient (Wildman–Crippen LogP) is 7.06. The lowest BCUT2D eigenvalue weighted by Gasteiger charge is -2.29. The Hall–Kier alpha value is -6.20. The number of nitrogens with zero attached hydrogens (tertiary/aromatic N) is 10. The number of hydrogen-bond donors (Lipinski definition) is 0. The summed E-state index contributed by atoms with van der Waals surface area (Å²) >= 11 is 0. The fraction of sp³-hybridized carbons (Fsp3) is 0.333. The summed E-state index contributed by atoms with van der Waals surface area (Å²) < 4.78 is 0. The van der Waals surface area contributed by atoms with Gasteiger partial charge in [-0.3, -0.25) is 0 Å². The Labute approximate surface area is 272 Å². The van der Waals surface area contributed by atoms with Crippen LogP contribution in [0.1, 0.15) is 38.5 Å². The summed E-state index contributed by atoms with van der Waals surface area (Å²) in [7, 11) is 0. The molecular formula is C36H36N10. The van der Waals surface area contributed by atoms with Gasteiger partial charge in [0.2, 0.25) is 0 Å². The SMILES string of the molecule is N#CCCN(CCC#N)c1ccc(N(c2ccc(N(CCC#N)CCC#N)cc2)c2ccc(N(CCC#N)CCC#N)cc2)cc1. The van der Waals surface area contributed by atoms with E-state index in [4.69, 9.17) is 31.6 Å². The molecule has 0 unspecified atom stereocenters. The Morgan fingerprint density at radius 3 is 0.652 bits per heavy atom. The van der Waals surface area contributed by atoms with Gasteiger partial charge in [0.05, 0.1) is 74.9 Å². The van der Waals surface area contributed by atoms with Gasteiger partial charge in [0.15, 0.2) is 0 Å². The molecule has 0 saturated carbocycles. The van der Waals surface area contributed by atoms with Gasteiger partial charge in [-0.1, -0.05) is 0 Å². The molecule has 10 heteroatoms. The number of nitriles is 6. The van der Waals surface area contributed by atoms with E-state index in [0.717, 1.165) is 34.1 Å². The molecule has 0 bridgehead atoms. The summed E-state index contributed by atoms with van der Waals surface area (Å²) in [5.74, 6) is 0. The Balaban J connectivity index is 2.02. The standard InChI is InChI=1S/C36H36N10/c37-19-1-25-43(26-2-20-38)31-7-13-34(14-8-31)46(35-15-9-32(10-16-35)44(27-3-21-39)28-4-22-40)36-17-11-33(12-18-36)45(29-5-23-41)30-6-24-42/h7-18H,1-6,25-30H2. The lowest BCUT2D eigenvalue weighted by molar-refractivity contribution is 0.796. The van der Waals surface area contributed by atoms with Gasteiger partial charge in [0.25, 0.3) is 0 Å². The Kier molecular flexibility index (Phi) is 14.3. The second kappa shape index (κ2) is 19.2. The smallest absolute Gasteiger partial charge is 0.0640 e. The second-order valence-corrected chi connectivity index (χ2v) is 10.3. The topological polar surface area (TPSA) is 156 Å². The fourth-order valence-corrected chi connectivity index (χ4v) is 5.10. The molecule has 3 aromatic carbocycles. The van der Waals surface area contributed by atoms with Crippen LogP contribution >= 0.6 is 0 Å². The van der Waals surface area contributed by atoms with E-state index >= 15 is 0 Å². The van der Waals surface area contributed by atoms with Gasteiger partial charge in [-0.05, 0) is 72.8 Å². The minimum absolute atomic E-state index is 0.359. The number of anilines is 6. The summed E-state index contributed by atoms with van der Waals surface area (Å²) in [6.07, 6.45) is 2.15. The summed E-state index contributed by atoms with van der Waals surface area (Å²) in [6, 6.07) is 37.2. The van der Waals surface area contributed by atoms with Crippen molar-refractivity contribution in [1.29, 1.82) is 31.6 Å². The van der Waals surface area contributed by atoms with Crippen LogP contribution in [-0.2, 0) is 0 Å². The zero-order valence-electron chi connectivity index (χ0n) is 25.9. The molecule has 46 heavy (non-hydrogen) atoms. The maximum Gasteiger partial charge on any atom is 0.0640 e. The van der Waals surface area contributed by atoms with E-state index in [-0.39, 0.29) is 0 Å². The third-order valence-corrected chi connectivity index (χ3v) is 7.38. The van der Waals surface area contributed by atoms with Crippen LogP contribution < -0.4 is 19.6 Å². The van der Waals surface area contributed by atoms with Gasteiger partial charge in [0, 0.05) is 73.4 Å². The van der Waals surface area contributed by atoms with Crippen LogP contribution in [0.25, 0.3) is 0 Å². The first-order chi connectivity index (χ1) is 22.6. The minimum atomic E-state index is 0.359. The molecule has 3 rings (SSSR count). The fourth-order valence-electron chi connectivity index (χ4n) is 5.10. The zero-order valence-corrected chi connectivity index (χ0v) is 25.9. The van der Waals surface area contributed by atoms with Crippen LogP contribution in [0.5, 0.6) is 0 Å². The largest absolute Gasteiger partial charge is 0.369 e. The van der Waals surface area contributed by atoms with Crippen LogP contribution in [0.2, 0.25) is 0 Å². The van der Waals surface area contributed by atoms with Gasteiger partial charge in [-0.25, -0.2) is 0 Å². The van der Waals surface area contributed by atoms with E-state index in [9.17, 15) is 0 Å². The molecule has 0 radical (unpaired) electrons. The number of rotatable bonds is 18. The highest BCUT2D eigenvalue weighted by Crippen LogP contribution is 2.37. The summed E-state index contributed by atoms with van der Waals surface area (Å²) in [4.78, 5) is 8.24. The van der Waals surface area contributed by atoms with Gasteiger partial charge < -0.3 is 19.6 Å². The molecule has 3 aromatic rings. The minimum Gasteiger partial charge on any atom is -0.369 e. The highest BCUT2D eigenvalue weighted by atomic mass is 15.2. The first-order valence-corrected chi connectivity index (χ1v) is 15.2. The van der Waals surface area contributed by atoms with Crippen molar-refractivity contribution in [3.05, 3.63) is 72.8 Å². The normalized spacial score (nSPS) is 9.78. The molecular weight excluding hydrogens is 572 g/mol. The quantitative estimate of drug-likeness (QED) is 0.146. The van der Waals surface area contributed by atoms with Gasteiger partial charge in [-0.15, -0.1) is 0 Å². The molecule has 0 saturated heterocycles. The summed E-state index contributed by atoms with van der Waals surface area (Å²) in [6.45, 7) is 3.20. The van der Waals surface area contributed by atoms with E-state index < -0.39 is 0 Å². The lowest BCUT2D eigenvalue weighted by atomic mass is 10.1. The maximum absolute atomic E-state index is 9.12. The molecule has 0 atom stereocenters. The monoisotopic (exact) mass is 608 g/mol. The molecule has 0 N–H and O–H groups in total. The highest BCUT2D eigenvalue weighted by molar-refractivity contribution is 5.79. The van der Waals surface area contributed by atoms with Crippen molar-refractivity contribution in [2.24, 2.45) is 0 Å². The average molecular weight is 609 g/mol. The van der Waals surface area contributed by atoms with E-state index in [0.29, 0.717) is 77.8 Å². The third-order valence-electron chi connectivity index (χ3n) is 7.38. The Morgan fingerprint density at radius 1 is 0.304 bits per heavy atom. The summed E-state index contributed by atoms with van der Waals surface area (Å²) in [5, 5.41) is 54.7. The third kappa shape index (κ3) is 9.93. The second-order valence-electron chi connectivity index (χ2n) is 10.3. The number of benzene rings is 3. The van der Waals surface area contributed by atoms with E-state index in [2.05, 4.69) is 41.3 Å². The highest BCUT2D eigenvalue weighted by Gasteiger charge is 2.16. The van der Waals surface area contributed by atoms with Crippen LogP contribution in [0.15, 0.2) is 72.8 Å². The van der Waals surface area contributed by atoms with Crippen LogP contribution in [-0.4, -0.2) is 39.3 Å². The van der Waals surface area contributed by atoms with Crippen LogP contribution in [0, 0.1) is 68.0 Å². The molecule has 0 fully saturated rings. The van der Waals surface area contributed by atoms with Crippen molar-refractivity contribution < 1.29 is 0 Å². The molecule has 230 valence electrons. The zero-order chi connectivity index (χ0) is 33.0. The Bertz CT molecular complexity index is 1370. The lowest BCUT2D eigenvalue weighted by Crippen LogP contribution is -2.25. The van der Waals surface area contributed by atoms with Crippen LogP contribution in [0.4, 0.5) is 34.1 Å². The molecule has 0 aliphatic heterocycles. The molecule has 0 aliphatic rings. The van der Waals surface area contributed by atoms with Gasteiger partial charge in [0.1, 0.15) is 0 Å². The Morgan fingerprint density at radius 2 is 0.478 bits per heavy atom. The van der Waals surface area contributed by atoms with Crippen molar-refractivity contribution in [2.75, 3.05) is 58.9 Å². The van der Waals surface area contributed by atoms with Gasteiger partial charge in [-0.2, -0.15) is 31.6 Å². The van der Waals surface area contributed by atoms with Gasteiger partial charge >= 0.3 is 0 Å². The molecule has 0 spiro atoms. The van der Waals surface area contributed by atoms with Crippen molar-refractivity contribution >= 4 is 34.1 Å². The van der Waals surface area contributed by atoms with E-state index in [1.54, 1.807) is 0 Å². The van der Waals surface area contributed by atoms with E-state index in [1.165, 1.54) is 0 Å². The van der Waals surface area contributed by atoms with Crippen molar-refractivity contribution in [1.82, 2.24) is 0 Å². The molecule has 10 nitrogen and oxygen atoms in total. The molecule has 0 heterocycles. The molecule has 0 aliphatic carbocycles. The maximum atomic E-state index is 9.12. The van der Waals surface area contributed by atoms with Crippen LogP contribution in [0.3, 0.4) is 0 Å². The first kappa shape index (κ1) is 34.3. The predicted molar refractivity (Wildman–Crippen MR) is 179 cm³/mol. The van der Waals surface area contributed by atoms with E-state index in [1.807, 2.05) is 87.5 Å². The summed E-state index contributed by atoms with van der Waals surface area (Å²) in [5.41, 5.74) is 5.49. The first-order valence-electron chi connectivity index (χ1n) is 15.2. The van der Waals surface area contributed by atoms with Crippen molar-refractivity contribution in [2.45, 2.75) is 38.5 Å². The van der Waals surface area contributed by atoms with Crippen molar-refractivity contribution in [3.8, 4) is 36.4 Å².